The van der Waals surface area contributed by atoms with E-state index in [0.717, 1.165) is 0 Å². The first-order chi connectivity index (χ1) is 12.0. The molecule has 0 aliphatic carbocycles. The predicted molar refractivity (Wildman–Crippen MR) is 98.1 cm³/mol. The summed E-state index contributed by atoms with van der Waals surface area (Å²) in [4.78, 5) is 12.5. The van der Waals surface area contributed by atoms with Gasteiger partial charge in [0, 0.05) is 12.0 Å². The van der Waals surface area contributed by atoms with E-state index in [1.165, 1.54) is 11.1 Å². The van der Waals surface area contributed by atoms with Crippen LogP contribution < -0.4 is 20.9 Å². The number of nitrogens with one attached hydrogen (secondary N) is 3. The number of carbonyl (C=O) groups is 1. The average molecular weight is 339 g/mol. The van der Waals surface area contributed by atoms with Crippen molar-refractivity contribution in [2.24, 2.45) is 0 Å². The summed E-state index contributed by atoms with van der Waals surface area (Å²) in [5.41, 5.74) is 8.82. The summed E-state index contributed by atoms with van der Waals surface area (Å²) in [6.45, 7) is 5.94. The molecule has 4 unspecified atom stereocenters. The summed E-state index contributed by atoms with van der Waals surface area (Å²) >= 11 is 0. The quantitative estimate of drug-likeness (QED) is 0.783. The summed E-state index contributed by atoms with van der Waals surface area (Å²) in [6, 6.07) is 18.0. The second kappa shape index (κ2) is 7.68. The standard InChI is InChI=1S/C20H25N3O2/c1-13-8-7-9-16(12-13)18-14(2)22-23-19(18)21-20(24)15(3)25-17-10-5-4-6-11-17/h4-12,14-15,18-19,22-23H,1-3H3,(H,21,24). The number of hydrogen-bond acceptors (Lipinski definition) is 4. The highest BCUT2D eigenvalue weighted by Crippen LogP contribution is 2.26. The monoisotopic (exact) mass is 339 g/mol. The summed E-state index contributed by atoms with van der Waals surface area (Å²) in [5.74, 6) is 0.689. The largest absolute Gasteiger partial charge is 0.481 e. The molecule has 5 nitrogen and oxygen atoms in total. The lowest BCUT2D eigenvalue weighted by atomic mass is 9.90. The van der Waals surface area contributed by atoms with Crippen LogP contribution in [0, 0.1) is 6.92 Å². The molecule has 1 fully saturated rings. The van der Waals surface area contributed by atoms with Crippen molar-refractivity contribution in [2.75, 3.05) is 0 Å². The third-order valence-corrected chi connectivity index (χ3v) is 4.51. The Morgan fingerprint density at radius 2 is 1.88 bits per heavy atom. The van der Waals surface area contributed by atoms with Gasteiger partial charge in [0.1, 0.15) is 11.9 Å². The van der Waals surface area contributed by atoms with Gasteiger partial charge in [-0.1, -0.05) is 48.0 Å². The summed E-state index contributed by atoms with van der Waals surface area (Å²) in [7, 11) is 0. The minimum Gasteiger partial charge on any atom is -0.481 e. The fourth-order valence-corrected chi connectivity index (χ4v) is 3.20. The number of para-hydroxylation sites is 1. The summed E-state index contributed by atoms with van der Waals surface area (Å²) in [6.07, 6.45) is -0.760. The molecule has 5 heteroatoms. The molecule has 1 amide bonds. The number of hydrogen-bond donors (Lipinski definition) is 3. The van der Waals surface area contributed by atoms with Gasteiger partial charge in [-0.05, 0) is 38.5 Å². The maximum Gasteiger partial charge on any atom is 0.262 e. The molecule has 132 valence electrons. The minimum atomic E-state index is -0.571. The first kappa shape index (κ1) is 17.5. The molecule has 3 rings (SSSR count). The Morgan fingerprint density at radius 3 is 2.60 bits per heavy atom. The van der Waals surface area contributed by atoms with Crippen LogP contribution in [0.15, 0.2) is 54.6 Å². The highest BCUT2D eigenvalue weighted by atomic mass is 16.5. The second-order valence-electron chi connectivity index (χ2n) is 6.58. The van der Waals surface area contributed by atoms with Crippen LogP contribution in [0.1, 0.15) is 30.9 Å². The van der Waals surface area contributed by atoms with Crippen molar-refractivity contribution in [2.45, 2.75) is 45.0 Å². The molecule has 1 aliphatic heterocycles. The number of aryl methyl sites for hydroxylation is 1. The Balaban J connectivity index is 1.67. The van der Waals surface area contributed by atoms with Crippen LogP contribution in [0.2, 0.25) is 0 Å². The lowest BCUT2D eigenvalue weighted by Gasteiger charge is -2.24. The van der Waals surface area contributed by atoms with Gasteiger partial charge in [0.25, 0.3) is 5.91 Å². The predicted octanol–water partition coefficient (Wildman–Crippen LogP) is 2.48. The fourth-order valence-electron chi connectivity index (χ4n) is 3.20. The van der Waals surface area contributed by atoms with Crippen LogP contribution >= 0.6 is 0 Å². The molecule has 1 aliphatic rings. The van der Waals surface area contributed by atoms with Crippen molar-refractivity contribution in [3.63, 3.8) is 0 Å². The Labute approximate surface area is 148 Å². The number of carbonyl (C=O) groups excluding carboxylic acids is 1. The number of amides is 1. The van der Waals surface area contributed by atoms with Crippen LogP contribution in [0.4, 0.5) is 0 Å². The molecule has 0 aromatic heterocycles. The molecule has 1 heterocycles. The third-order valence-electron chi connectivity index (χ3n) is 4.51. The van der Waals surface area contributed by atoms with Crippen molar-refractivity contribution in [1.82, 2.24) is 16.2 Å². The molecule has 0 bridgehead atoms. The van der Waals surface area contributed by atoms with Gasteiger partial charge in [0.05, 0.1) is 0 Å². The molecule has 2 aromatic carbocycles. The fraction of sp³-hybridized carbons (Fsp3) is 0.350. The zero-order valence-electron chi connectivity index (χ0n) is 14.8. The Bertz CT molecular complexity index is 720. The Kier molecular flexibility index (Phi) is 5.36. The minimum absolute atomic E-state index is 0.144. The number of benzene rings is 2. The van der Waals surface area contributed by atoms with Gasteiger partial charge in [0.15, 0.2) is 6.10 Å². The second-order valence-corrected chi connectivity index (χ2v) is 6.58. The first-order valence-electron chi connectivity index (χ1n) is 8.64. The van der Waals surface area contributed by atoms with Crippen LogP contribution in [0.3, 0.4) is 0 Å². The molecular weight excluding hydrogens is 314 g/mol. The van der Waals surface area contributed by atoms with E-state index in [0.29, 0.717) is 5.75 Å². The Morgan fingerprint density at radius 1 is 1.12 bits per heavy atom. The average Bonchev–Trinajstić information content (AvgIpc) is 2.96. The van der Waals surface area contributed by atoms with Crippen LogP contribution in [-0.4, -0.2) is 24.2 Å². The van der Waals surface area contributed by atoms with E-state index in [9.17, 15) is 4.79 Å². The topological polar surface area (TPSA) is 62.4 Å². The molecule has 1 saturated heterocycles. The number of rotatable bonds is 5. The van der Waals surface area contributed by atoms with E-state index in [1.807, 2.05) is 30.3 Å². The van der Waals surface area contributed by atoms with Gasteiger partial charge in [-0.25, -0.2) is 5.43 Å². The van der Waals surface area contributed by atoms with Gasteiger partial charge >= 0.3 is 0 Å². The molecule has 0 spiro atoms. The van der Waals surface area contributed by atoms with Gasteiger partial charge in [-0.3, -0.25) is 10.2 Å². The highest BCUT2D eigenvalue weighted by molar-refractivity contribution is 5.81. The van der Waals surface area contributed by atoms with Gasteiger partial charge < -0.3 is 10.1 Å². The third kappa shape index (κ3) is 4.18. The van der Waals surface area contributed by atoms with Crippen molar-refractivity contribution < 1.29 is 9.53 Å². The molecule has 0 saturated carbocycles. The van der Waals surface area contributed by atoms with E-state index < -0.39 is 6.10 Å². The molecule has 25 heavy (non-hydrogen) atoms. The maximum atomic E-state index is 12.5. The zero-order chi connectivity index (χ0) is 17.8. The zero-order valence-corrected chi connectivity index (χ0v) is 14.8. The smallest absolute Gasteiger partial charge is 0.262 e. The van der Waals surface area contributed by atoms with E-state index in [1.54, 1.807) is 6.92 Å². The lowest BCUT2D eigenvalue weighted by Crippen LogP contribution is -2.50. The van der Waals surface area contributed by atoms with E-state index in [2.05, 4.69) is 54.3 Å². The van der Waals surface area contributed by atoms with Crippen molar-refractivity contribution in [3.05, 3.63) is 65.7 Å². The summed E-state index contributed by atoms with van der Waals surface area (Å²) < 4.78 is 5.71. The Hall–Kier alpha value is -2.37. The van der Waals surface area contributed by atoms with Crippen molar-refractivity contribution in [1.29, 1.82) is 0 Å². The van der Waals surface area contributed by atoms with E-state index in [4.69, 9.17) is 4.74 Å². The number of hydrazine groups is 1. The molecule has 0 radical (unpaired) electrons. The molecule has 3 N–H and O–H groups in total. The highest BCUT2D eigenvalue weighted by Gasteiger charge is 2.36. The van der Waals surface area contributed by atoms with Crippen molar-refractivity contribution in [3.8, 4) is 5.75 Å². The van der Waals surface area contributed by atoms with Gasteiger partial charge in [-0.15, -0.1) is 0 Å². The number of ether oxygens (including phenoxy) is 1. The van der Waals surface area contributed by atoms with Crippen LogP contribution in [0.5, 0.6) is 5.75 Å². The SMILES string of the molecule is Cc1cccc(C2C(C)NNC2NC(=O)C(C)Oc2ccccc2)c1. The van der Waals surface area contributed by atoms with Crippen molar-refractivity contribution >= 4 is 5.91 Å². The molecule has 2 aromatic rings. The molecular formula is C20H25N3O2. The maximum absolute atomic E-state index is 12.5. The van der Waals surface area contributed by atoms with Crippen LogP contribution in [-0.2, 0) is 4.79 Å². The van der Waals surface area contributed by atoms with Gasteiger partial charge in [0.2, 0.25) is 0 Å². The normalized spacial score (nSPS) is 23.9. The van der Waals surface area contributed by atoms with Gasteiger partial charge in [-0.2, -0.15) is 0 Å². The lowest BCUT2D eigenvalue weighted by molar-refractivity contribution is -0.128. The van der Waals surface area contributed by atoms with E-state index >= 15 is 0 Å². The first-order valence-corrected chi connectivity index (χ1v) is 8.64. The summed E-state index contributed by atoms with van der Waals surface area (Å²) in [5, 5.41) is 3.06. The van der Waals surface area contributed by atoms with Crippen LogP contribution in [0.25, 0.3) is 0 Å². The molecule has 4 atom stereocenters. The van der Waals surface area contributed by atoms with E-state index in [-0.39, 0.29) is 24.0 Å².